The van der Waals surface area contributed by atoms with Crippen molar-refractivity contribution in [3.05, 3.63) is 64.9 Å². The Morgan fingerprint density at radius 2 is 1.86 bits per heavy atom. The van der Waals surface area contributed by atoms with Gasteiger partial charge in [0.25, 0.3) is 0 Å². The summed E-state index contributed by atoms with van der Waals surface area (Å²) in [4.78, 5) is 4.34. The molecule has 0 radical (unpaired) electrons. The van der Waals surface area contributed by atoms with Gasteiger partial charge in [0, 0.05) is 16.6 Å². The van der Waals surface area contributed by atoms with E-state index in [1.807, 2.05) is 36.4 Å². The summed E-state index contributed by atoms with van der Waals surface area (Å²) in [6.07, 6.45) is 4.37. The molecule has 1 aromatic heterocycles. The van der Waals surface area contributed by atoms with Crippen molar-refractivity contribution in [2.45, 2.75) is 38.2 Å². The third kappa shape index (κ3) is 2.47. The van der Waals surface area contributed by atoms with Gasteiger partial charge in [-0.1, -0.05) is 49.2 Å². The molecular formula is C18H20ClNO. The van der Waals surface area contributed by atoms with Crippen LogP contribution in [0, 0.1) is 5.41 Å². The van der Waals surface area contributed by atoms with E-state index in [4.69, 9.17) is 11.6 Å². The molecule has 3 rings (SSSR count). The predicted molar refractivity (Wildman–Crippen MR) is 85.3 cm³/mol. The molecule has 2 unspecified atom stereocenters. The lowest BCUT2D eigenvalue weighted by atomic mass is 9.56. The maximum atomic E-state index is 10.9. The van der Waals surface area contributed by atoms with E-state index in [2.05, 4.69) is 18.0 Å². The summed E-state index contributed by atoms with van der Waals surface area (Å²) in [6, 6.07) is 13.7. The van der Waals surface area contributed by atoms with Crippen molar-refractivity contribution in [3.8, 4) is 0 Å². The molecule has 1 aliphatic rings. The van der Waals surface area contributed by atoms with E-state index in [9.17, 15) is 5.11 Å². The molecule has 1 saturated carbocycles. The average molecular weight is 302 g/mol. The van der Waals surface area contributed by atoms with Crippen molar-refractivity contribution in [2.24, 2.45) is 5.41 Å². The van der Waals surface area contributed by atoms with Crippen LogP contribution in [-0.2, 0) is 0 Å². The standard InChI is InChI=1S/C18H20ClNO/c1-13(14-7-2-3-8-15(14)19)18(10-6-11-18)17(21)16-9-4-5-12-20-16/h2-5,7-9,12-13,17,21H,6,10-11H2,1H3. The molecule has 21 heavy (non-hydrogen) atoms. The largest absolute Gasteiger partial charge is 0.386 e. The van der Waals surface area contributed by atoms with Crippen LogP contribution >= 0.6 is 11.6 Å². The Kier molecular flexibility index (Phi) is 4.01. The van der Waals surface area contributed by atoms with E-state index < -0.39 is 6.10 Å². The highest BCUT2D eigenvalue weighted by molar-refractivity contribution is 6.31. The lowest BCUT2D eigenvalue weighted by molar-refractivity contribution is -0.0569. The van der Waals surface area contributed by atoms with Crippen LogP contribution < -0.4 is 0 Å². The molecule has 2 aromatic rings. The number of halogens is 1. The Morgan fingerprint density at radius 3 is 2.43 bits per heavy atom. The normalized spacial score (nSPS) is 19.6. The minimum Gasteiger partial charge on any atom is -0.386 e. The van der Waals surface area contributed by atoms with Crippen molar-refractivity contribution in [1.82, 2.24) is 4.98 Å². The van der Waals surface area contributed by atoms with E-state index in [0.717, 1.165) is 35.5 Å². The highest BCUT2D eigenvalue weighted by Gasteiger charge is 2.49. The summed E-state index contributed by atoms with van der Waals surface area (Å²) < 4.78 is 0. The molecule has 0 amide bonds. The fraction of sp³-hybridized carbons (Fsp3) is 0.389. The van der Waals surface area contributed by atoms with Crippen LogP contribution in [0.2, 0.25) is 5.02 Å². The highest BCUT2D eigenvalue weighted by Crippen LogP contribution is 2.58. The number of pyridine rings is 1. The first-order chi connectivity index (χ1) is 10.1. The van der Waals surface area contributed by atoms with Gasteiger partial charge in [0.15, 0.2) is 0 Å². The summed E-state index contributed by atoms with van der Waals surface area (Å²) >= 11 is 6.36. The van der Waals surface area contributed by atoms with Crippen molar-refractivity contribution >= 4 is 11.6 Å². The predicted octanol–water partition coefficient (Wildman–Crippen LogP) is 4.74. The Hall–Kier alpha value is -1.38. The van der Waals surface area contributed by atoms with Gasteiger partial charge in [-0.15, -0.1) is 0 Å². The van der Waals surface area contributed by atoms with Gasteiger partial charge >= 0.3 is 0 Å². The van der Waals surface area contributed by atoms with Crippen LogP contribution in [0.5, 0.6) is 0 Å². The van der Waals surface area contributed by atoms with Gasteiger partial charge in [0.05, 0.1) is 5.69 Å². The number of aliphatic hydroxyl groups excluding tert-OH is 1. The van der Waals surface area contributed by atoms with E-state index in [-0.39, 0.29) is 11.3 Å². The minimum atomic E-state index is -0.543. The summed E-state index contributed by atoms with van der Waals surface area (Å²) in [5, 5.41) is 11.7. The van der Waals surface area contributed by atoms with Crippen LogP contribution in [0.25, 0.3) is 0 Å². The number of nitrogens with zero attached hydrogens (tertiary/aromatic N) is 1. The maximum absolute atomic E-state index is 10.9. The molecule has 0 saturated heterocycles. The molecule has 3 heteroatoms. The van der Waals surface area contributed by atoms with Crippen molar-refractivity contribution in [1.29, 1.82) is 0 Å². The molecule has 1 aliphatic carbocycles. The summed E-state index contributed by atoms with van der Waals surface area (Å²) in [5.74, 6) is 0.206. The van der Waals surface area contributed by atoms with Crippen molar-refractivity contribution < 1.29 is 5.11 Å². The smallest absolute Gasteiger partial charge is 0.102 e. The SMILES string of the molecule is CC(c1ccccc1Cl)C1(C(O)c2ccccn2)CCC1. The second-order valence-electron chi connectivity index (χ2n) is 5.99. The van der Waals surface area contributed by atoms with Crippen LogP contribution in [0.3, 0.4) is 0 Å². The Labute approximate surface area is 130 Å². The van der Waals surface area contributed by atoms with E-state index >= 15 is 0 Å². The van der Waals surface area contributed by atoms with Gasteiger partial charge in [-0.2, -0.15) is 0 Å². The van der Waals surface area contributed by atoms with Crippen LogP contribution in [0.15, 0.2) is 48.7 Å². The van der Waals surface area contributed by atoms with Gasteiger partial charge in [-0.25, -0.2) is 0 Å². The number of aromatic nitrogens is 1. The van der Waals surface area contributed by atoms with Crippen LogP contribution in [0.1, 0.15) is 49.5 Å². The number of hydrogen-bond donors (Lipinski definition) is 1. The number of aliphatic hydroxyl groups is 1. The monoisotopic (exact) mass is 301 g/mol. The average Bonchev–Trinajstić information content (AvgIpc) is 2.47. The maximum Gasteiger partial charge on any atom is 0.102 e. The zero-order chi connectivity index (χ0) is 14.9. The summed E-state index contributed by atoms with van der Waals surface area (Å²) in [5.41, 5.74) is 1.73. The molecule has 110 valence electrons. The van der Waals surface area contributed by atoms with E-state index in [0.29, 0.717) is 0 Å². The quantitative estimate of drug-likeness (QED) is 0.884. The van der Waals surface area contributed by atoms with Crippen LogP contribution in [-0.4, -0.2) is 10.1 Å². The summed E-state index contributed by atoms with van der Waals surface area (Å²) in [7, 11) is 0. The molecule has 1 aromatic carbocycles. The molecule has 2 nitrogen and oxygen atoms in total. The zero-order valence-corrected chi connectivity index (χ0v) is 12.9. The first-order valence-corrected chi connectivity index (χ1v) is 7.86. The molecule has 0 bridgehead atoms. The molecule has 1 fully saturated rings. The van der Waals surface area contributed by atoms with Gasteiger partial charge in [-0.05, 0) is 42.5 Å². The molecule has 2 atom stereocenters. The molecule has 0 spiro atoms. The molecular weight excluding hydrogens is 282 g/mol. The topological polar surface area (TPSA) is 33.1 Å². The van der Waals surface area contributed by atoms with E-state index in [1.165, 1.54) is 0 Å². The number of benzene rings is 1. The van der Waals surface area contributed by atoms with Crippen molar-refractivity contribution in [3.63, 3.8) is 0 Å². The lowest BCUT2D eigenvalue weighted by Gasteiger charge is -2.50. The second kappa shape index (κ2) is 5.78. The third-order valence-corrected chi connectivity index (χ3v) is 5.38. The first kappa shape index (κ1) is 14.6. The first-order valence-electron chi connectivity index (χ1n) is 7.48. The van der Waals surface area contributed by atoms with Crippen molar-refractivity contribution in [2.75, 3.05) is 0 Å². The van der Waals surface area contributed by atoms with Gasteiger partial charge < -0.3 is 5.11 Å². The number of hydrogen-bond acceptors (Lipinski definition) is 2. The fourth-order valence-corrected chi connectivity index (χ4v) is 3.80. The Balaban J connectivity index is 1.95. The van der Waals surface area contributed by atoms with E-state index in [1.54, 1.807) is 6.20 Å². The minimum absolute atomic E-state index is 0.153. The second-order valence-corrected chi connectivity index (χ2v) is 6.39. The van der Waals surface area contributed by atoms with Gasteiger partial charge in [-0.3, -0.25) is 4.98 Å². The zero-order valence-electron chi connectivity index (χ0n) is 12.2. The third-order valence-electron chi connectivity index (χ3n) is 5.03. The van der Waals surface area contributed by atoms with Crippen LogP contribution in [0.4, 0.5) is 0 Å². The molecule has 0 aliphatic heterocycles. The Morgan fingerprint density at radius 1 is 1.14 bits per heavy atom. The molecule has 1 N–H and O–H groups in total. The Bertz CT molecular complexity index is 610. The molecule has 1 heterocycles. The lowest BCUT2D eigenvalue weighted by Crippen LogP contribution is -2.41. The summed E-state index contributed by atoms with van der Waals surface area (Å²) in [6.45, 7) is 2.17. The highest BCUT2D eigenvalue weighted by atomic mass is 35.5. The van der Waals surface area contributed by atoms with Gasteiger partial charge in [0.1, 0.15) is 6.10 Å². The van der Waals surface area contributed by atoms with Gasteiger partial charge in [0.2, 0.25) is 0 Å². The number of rotatable bonds is 4. The fourth-order valence-electron chi connectivity index (χ4n) is 3.50.